The molecule has 72 valence electrons. The number of alkyl halides is 1. The van der Waals surface area contributed by atoms with Crippen molar-refractivity contribution in [3.63, 3.8) is 0 Å². The van der Waals surface area contributed by atoms with E-state index in [2.05, 4.69) is 5.10 Å². The monoisotopic (exact) mass is 203 g/mol. The van der Waals surface area contributed by atoms with Gasteiger partial charge in [0.15, 0.2) is 0 Å². The van der Waals surface area contributed by atoms with Crippen molar-refractivity contribution in [1.29, 1.82) is 0 Å². The third-order valence-corrected chi connectivity index (χ3v) is 1.99. The second-order valence-corrected chi connectivity index (χ2v) is 3.07. The number of aromatic nitrogens is 2. The van der Waals surface area contributed by atoms with Crippen molar-refractivity contribution in [1.82, 2.24) is 9.78 Å². The van der Waals surface area contributed by atoms with Gasteiger partial charge in [0.05, 0.1) is 11.5 Å². The van der Waals surface area contributed by atoms with Gasteiger partial charge in [-0.15, -0.1) is 11.6 Å². The van der Waals surface area contributed by atoms with Gasteiger partial charge in [0.25, 0.3) is 0 Å². The van der Waals surface area contributed by atoms with Gasteiger partial charge < -0.3 is 0 Å². The zero-order valence-corrected chi connectivity index (χ0v) is 8.21. The number of hydrogen-bond donors (Lipinski definition) is 0. The molecule has 0 aromatic carbocycles. The summed E-state index contributed by atoms with van der Waals surface area (Å²) in [6.45, 7) is 3.79. The largest absolute Gasteiger partial charge is 0.312 e. The van der Waals surface area contributed by atoms with E-state index in [0.29, 0.717) is 23.8 Å². The smallest absolute Gasteiger partial charge is 0.261 e. The van der Waals surface area contributed by atoms with Crippen LogP contribution in [0.3, 0.4) is 0 Å². The molecule has 1 aromatic heterocycles. The topological polar surface area (TPSA) is 61.0 Å². The molecule has 6 heteroatoms. The summed E-state index contributed by atoms with van der Waals surface area (Å²) in [7, 11) is 0. The quantitative estimate of drug-likeness (QED) is 0.426. The van der Waals surface area contributed by atoms with Crippen molar-refractivity contribution < 1.29 is 4.92 Å². The molecule has 0 amide bonds. The normalized spacial score (nSPS) is 10.4. The van der Waals surface area contributed by atoms with E-state index >= 15 is 0 Å². The Labute approximate surface area is 80.5 Å². The van der Waals surface area contributed by atoms with Crippen LogP contribution in [0.15, 0.2) is 0 Å². The van der Waals surface area contributed by atoms with Crippen LogP contribution >= 0.6 is 11.6 Å². The highest BCUT2D eigenvalue weighted by atomic mass is 35.5. The van der Waals surface area contributed by atoms with Gasteiger partial charge in [-0.25, -0.2) is 0 Å². The van der Waals surface area contributed by atoms with Gasteiger partial charge in [-0.3, -0.25) is 14.8 Å². The minimum absolute atomic E-state index is 0.0881. The van der Waals surface area contributed by atoms with Gasteiger partial charge in [-0.1, -0.05) is 0 Å². The third-order valence-electron chi connectivity index (χ3n) is 1.82. The highest BCUT2D eigenvalue weighted by Gasteiger charge is 2.20. The molecule has 0 saturated heterocycles. The van der Waals surface area contributed by atoms with E-state index in [1.165, 1.54) is 0 Å². The molecule has 1 heterocycles. The van der Waals surface area contributed by atoms with Gasteiger partial charge in [0, 0.05) is 5.88 Å². The van der Waals surface area contributed by atoms with E-state index in [4.69, 9.17) is 11.6 Å². The zero-order chi connectivity index (χ0) is 10.0. The Morgan fingerprint density at radius 3 is 2.62 bits per heavy atom. The molecule has 0 radical (unpaired) electrons. The highest BCUT2D eigenvalue weighted by Crippen LogP contribution is 2.21. The number of nitro groups is 1. The van der Waals surface area contributed by atoms with Crippen molar-refractivity contribution in [3.05, 3.63) is 21.5 Å². The van der Waals surface area contributed by atoms with Crippen molar-refractivity contribution in [2.45, 2.75) is 20.4 Å². The maximum atomic E-state index is 10.6. The molecule has 0 bridgehead atoms. The van der Waals surface area contributed by atoms with Crippen molar-refractivity contribution in [2.24, 2.45) is 0 Å². The van der Waals surface area contributed by atoms with E-state index in [1.807, 2.05) is 0 Å². The fourth-order valence-electron chi connectivity index (χ4n) is 1.25. The van der Waals surface area contributed by atoms with E-state index in [1.54, 1.807) is 18.5 Å². The third kappa shape index (κ3) is 1.80. The average Bonchev–Trinajstić information content (AvgIpc) is 2.28. The van der Waals surface area contributed by atoms with Gasteiger partial charge in [-0.2, -0.15) is 5.10 Å². The molecule has 13 heavy (non-hydrogen) atoms. The molecule has 0 unspecified atom stereocenters. The number of rotatable bonds is 3. The molecule has 0 aliphatic heterocycles. The van der Waals surface area contributed by atoms with Gasteiger partial charge in [0.1, 0.15) is 11.4 Å². The Kier molecular flexibility index (Phi) is 2.87. The first-order valence-corrected chi connectivity index (χ1v) is 4.35. The predicted octanol–water partition coefficient (Wildman–Crippen LogP) is 1.65. The molecular weight excluding hydrogens is 194 g/mol. The minimum atomic E-state index is -0.414. The molecule has 0 N–H and O–H groups in total. The minimum Gasteiger partial charge on any atom is -0.261 e. The second kappa shape index (κ2) is 3.74. The van der Waals surface area contributed by atoms with Crippen LogP contribution in [0.2, 0.25) is 0 Å². The summed E-state index contributed by atoms with van der Waals surface area (Å²) < 4.78 is 1.56. The predicted molar refractivity (Wildman–Crippen MR) is 49.1 cm³/mol. The fourth-order valence-corrected chi connectivity index (χ4v) is 1.41. The molecule has 0 atom stereocenters. The number of nitrogens with zero attached hydrogens (tertiary/aromatic N) is 3. The van der Waals surface area contributed by atoms with Gasteiger partial charge in [-0.05, 0) is 13.8 Å². The summed E-state index contributed by atoms with van der Waals surface area (Å²) in [5.74, 6) is 0.402. The maximum absolute atomic E-state index is 10.6. The summed E-state index contributed by atoms with van der Waals surface area (Å²) in [6.07, 6.45) is 0. The molecule has 0 aliphatic rings. The first-order chi connectivity index (χ1) is 6.07. The standard InChI is InChI=1S/C7H10ClN3O2/c1-5-7(11(12)13)6(2)10(9-5)4-3-8/h3-4H2,1-2H3. The molecule has 0 fully saturated rings. The van der Waals surface area contributed by atoms with Crippen molar-refractivity contribution in [3.8, 4) is 0 Å². The molecule has 0 aliphatic carbocycles. The van der Waals surface area contributed by atoms with Crippen LogP contribution in [0.1, 0.15) is 11.4 Å². The molecule has 1 aromatic rings. The summed E-state index contributed by atoms with van der Waals surface area (Å²) in [5, 5.41) is 14.6. The molecule has 0 saturated carbocycles. The Bertz CT molecular complexity index is 335. The summed E-state index contributed by atoms with van der Waals surface area (Å²) >= 11 is 5.52. The van der Waals surface area contributed by atoms with E-state index in [0.717, 1.165) is 0 Å². The Morgan fingerprint density at radius 1 is 1.62 bits per heavy atom. The number of aryl methyl sites for hydroxylation is 2. The lowest BCUT2D eigenvalue weighted by molar-refractivity contribution is -0.386. The van der Waals surface area contributed by atoms with Crippen LogP contribution in [0.4, 0.5) is 5.69 Å². The molecule has 5 nitrogen and oxygen atoms in total. The average molecular weight is 204 g/mol. The lowest BCUT2D eigenvalue weighted by Gasteiger charge is -1.97. The lowest BCUT2D eigenvalue weighted by Crippen LogP contribution is -2.03. The molecule has 1 rings (SSSR count). The van der Waals surface area contributed by atoms with Crippen LogP contribution < -0.4 is 0 Å². The van der Waals surface area contributed by atoms with E-state index in [-0.39, 0.29) is 5.69 Å². The summed E-state index contributed by atoms with van der Waals surface area (Å²) in [4.78, 5) is 10.2. The van der Waals surface area contributed by atoms with Gasteiger partial charge in [0.2, 0.25) is 0 Å². The van der Waals surface area contributed by atoms with E-state index < -0.39 is 4.92 Å². The van der Waals surface area contributed by atoms with Crippen LogP contribution in [0, 0.1) is 24.0 Å². The van der Waals surface area contributed by atoms with E-state index in [9.17, 15) is 10.1 Å². The number of halogens is 1. The number of hydrogen-bond acceptors (Lipinski definition) is 3. The second-order valence-electron chi connectivity index (χ2n) is 2.69. The zero-order valence-electron chi connectivity index (χ0n) is 7.45. The summed E-state index contributed by atoms with van der Waals surface area (Å²) in [5.41, 5.74) is 1.08. The lowest BCUT2D eigenvalue weighted by atomic mass is 10.3. The molecule has 0 spiro atoms. The molecular formula is C7H10ClN3O2. The maximum Gasteiger partial charge on any atom is 0.312 e. The van der Waals surface area contributed by atoms with Crippen molar-refractivity contribution >= 4 is 17.3 Å². The highest BCUT2D eigenvalue weighted by molar-refractivity contribution is 6.17. The van der Waals surface area contributed by atoms with Crippen LogP contribution in [-0.2, 0) is 6.54 Å². The van der Waals surface area contributed by atoms with Crippen LogP contribution in [-0.4, -0.2) is 20.6 Å². The Hall–Kier alpha value is -1.10. The Morgan fingerprint density at radius 2 is 2.23 bits per heavy atom. The Balaban J connectivity index is 3.14. The first-order valence-electron chi connectivity index (χ1n) is 3.82. The van der Waals surface area contributed by atoms with Crippen LogP contribution in [0.5, 0.6) is 0 Å². The SMILES string of the molecule is Cc1nn(CCCl)c(C)c1[N+](=O)[O-]. The summed E-state index contributed by atoms with van der Waals surface area (Å²) in [6, 6.07) is 0. The van der Waals surface area contributed by atoms with Gasteiger partial charge >= 0.3 is 5.69 Å². The first kappa shape index (κ1) is 9.98. The van der Waals surface area contributed by atoms with Crippen molar-refractivity contribution in [2.75, 3.05) is 5.88 Å². The fraction of sp³-hybridized carbons (Fsp3) is 0.571. The van der Waals surface area contributed by atoms with Crippen LogP contribution in [0.25, 0.3) is 0 Å².